The molecule has 128 valence electrons. The zero-order valence-electron chi connectivity index (χ0n) is 14.1. The Morgan fingerprint density at radius 2 is 1.54 bits per heavy atom. The predicted octanol–water partition coefficient (Wildman–Crippen LogP) is 4.99. The van der Waals surface area contributed by atoms with Crippen LogP contribution in [0.1, 0.15) is 31.3 Å². The van der Waals surface area contributed by atoms with Gasteiger partial charge in [-0.2, -0.15) is 0 Å². The lowest BCUT2D eigenvalue weighted by atomic mass is 10.1. The van der Waals surface area contributed by atoms with Crippen LogP contribution in [0.25, 0.3) is 6.08 Å². The highest BCUT2D eigenvalue weighted by Crippen LogP contribution is 2.20. The molecule has 0 aliphatic carbocycles. The molecular weight excluding hydrogens is 307 g/mol. The summed E-state index contributed by atoms with van der Waals surface area (Å²) >= 11 is 0. The molecule has 0 saturated carbocycles. The normalized spacial score (nSPS) is 11.3. The summed E-state index contributed by atoms with van der Waals surface area (Å²) in [7, 11) is 0. The van der Waals surface area contributed by atoms with Crippen LogP contribution < -0.4 is 4.74 Å². The van der Waals surface area contributed by atoms with Crippen molar-refractivity contribution >= 4 is 6.08 Å². The molecule has 2 aromatic carbocycles. The van der Waals surface area contributed by atoms with Gasteiger partial charge in [-0.05, 0) is 49.8 Å². The second-order valence-electron chi connectivity index (χ2n) is 5.08. The van der Waals surface area contributed by atoms with E-state index in [1.807, 2.05) is 50.3 Å². The van der Waals surface area contributed by atoms with E-state index in [4.69, 9.17) is 14.2 Å². The summed E-state index contributed by atoms with van der Waals surface area (Å²) in [6.45, 7) is 5.53. The van der Waals surface area contributed by atoms with E-state index in [2.05, 4.69) is 0 Å². The Hall–Kier alpha value is -2.17. The molecule has 4 heteroatoms. The van der Waals surface area contributed by atoms with Crippen LogP contribution >= 0.6 is 0 Å². The highest BCUT2D eigenvalue weighted by atomic mass is 19.1. The lowest BCUT2D eigenvalue weighted by Crippen LogP contribution is -2.08. The van der Waals surface area contributed by atoms with Crippen molar-refractivity contribution in [3.63, 3.8) is 0 Å². The molecule has 0 bridgehead atoms. The minimum Gasteiger partial charge on any atom is -0.490 e. The summed E-state index contributed by atoms with van der Waals surface area (Å²) in [5, 5.41) is 0. The molecule has 0 radical (unpaired) electrons. The Bertz CT molecular complexity index is 614. The van der Waals surface area contributed by atoms with Crippen LogP contribution in [0, 0.1) is 5.82 Å². The lowest BCUT2D eigenvalue weighted by molar-refractivity contribution is -0.140. The predicted molar refractivity (Wildman–Crippen MR) is 93.4 cm³/mol. The Labute approximate surface area is 142 Å². The first-order chi connectivity index (χ1) is 11.7. The summed E-state index contributed by atoms with van der Waals surface area (Å²) in [6.07, 6.45) is 3.57. The Morgan fingerprint density at radius 3 is 2.12 bits per heavy atom. The van der Waals surface area contributed by atoms with Gasteiger partial charge in [-0.3, -0.25) is 0 Å². The molecule has 0 saturated heterocycles. The highest BCUT2D eigenvalue weighted by Gasteiger charge is 2.10. The first-order valence-electron chi connectivity index (χ1n) is 8.11. The molecule has 0 unspecified atom stereocenters. The van der Waals surface area contributed by atoms with Gasteiger partial charge in [-0.1, -0.05) is 30.3 Å². The first-order valence-corrected chi connectivity index (χ1v) is 8.11. The SMILES string of the molecule is CCOC(OCC)c1ccc(/C=C/COc2ccc(F)cc2)cc1. The van der Waals surface area contributed by atoms with Crippen molar-refractivity contribution in [1.82, 2.24) is 0 Å². The maximum absolute atomic E-state index is 12.8. The smallest absolute Gasteiger partial charge is 0.183 e. The van der Waals surface area contributed by atoms with E-state index >= 15 is 0 Å². The van der Waals surface area contributed by atoms with Crippen LogP contribution in [0.5, 0.6) is 5.75 Å². The van der Waals surface area contributed by atoms with Gasteiger partial charge in [0.1, 0.15) is 18.2 Å². The summed E-state index contributed by atoms with van der Waals surface area (Å²) in [4.78, 5) is 0. The average molecular weight is 330 g/mol. The number of hydrogen-bond donors (Lipinski definition) is 0. The van der Waals surface area contributed by atoms with E-state index < -0.39 is 0 Å². The molecule has 0 fully saturated rings. The summed E-state index contributed by atoms with van der Waals surface area (Å²) in [5.41, 5.74) is 2.06. The molecule has 3 nitrogen and oxygen atoms in total. The summed E-state index contributed by atoms with van der Waals surface area (Å²) < 4.78 is 29.5. The van der Waals surface area contributed by atoms with Gasteiger partial charge < -0.3 is 14.2 Å². The molecule has 0 N–H and O–H groups in total. The monoisotopic (exact) mass is 330 g/mol. The second-order valence-corrected chi connectivity index (χ2v) is 5.08. The molecule has 24 heavy (non-hydrogen) atoms. The maximum atomic E-state index is 12.8. The van der Waals surface area contributed by atoms with Crippen LogP contribution in [0.3, 0.4) is 0 Å². The fourth-order valence-corrected chi connectivity index (χ4v) is 2.17. The van der Waals surface area contributed by atoms with Crippen molar-refractivity contribution in [2.45, 2.75) is 20.1 Å². The largest absolute Gasteiger partial charge is 0.490 e. The van der Waals surface area contributed by atoms with Crippen LogP contribution in [0.4, 0.5) is 4.39 Å². The number of benzene rings is 2. The molecule has 0 atom stereocenters. The highest BCUT2D eigenvalue weighted by molar-refractivity contribution is 5.49. The Morgan fingerprint density at radius 1 is 0.917 bits per heavy atom. The van der Waals surface area contributed by atoms with Gasteiger partial charge in [-0.25, -0.2) is 4.39 Å². The zero-order chi connectivity index (χ0) is 17.2. The minimum atomic E-state index is -0.320. The molecule has 0 amide bonds. The van der Waals surface area contributed by atoms with Crippen LogP contribution in [-0.2, 0) is 9.47 Å². The fourth-order valence-electron chi connectivity index (χ4n) is 2.17. The van der Waals surface area contributed by atoms with Crippen LogP contribution in [-0.4, -0.2) is 19.8 Å². The quantitative estimate of drug-likeness (QED) is 0.606. The first kappa shape index (κ1) is 18.2. The van der Waals surface area contributed by atoms with Crippen molar-refractivity contribution in [2.75, 3.05) is 19.8 Å². The van der Waals surface area contributed by atoms with Gasteiger partial charge >= 0.3 is 0 Å². The molecule has 0 heterocycles. The van der Waals surface area contributed by atoms with Gasteiger partial charge in [0.05, 0.1) is 0 Å². The standard InChI is InChI=1S/C20H23FO3/c1-3-22-20(23-4-2)17-9-7-16(8-10-17)6-5-15-24-19-13-11-18(21)12-14-19/h5-14,20H,3-4,15H2,1-2H3/b6-5+. The third kappa shape index (κ3) is 5.80. The molecule has 2 rings (SSSR count). The number of rotatable bonds is 9. The van der Waals surface area contributed by atoms with Crippen molar-refractivity contribution in [3.8, 4) is 5.75 Å². The number of ether oxygens (including phenoxy) is 3. The van der Waals surface area contributed by atoms with Crippen molar-refractivity contribution < 1.29 is 18.6 Å². The van der Waals surface area contributed by atoms with Gasteiger partial charge in [0.15, 0.2) is 6.29 Å². The van der Waals surface area contributed by atoms with Gasteiger partial charge in [0, 0.05) is 18.8 Å². The van der Waals surface area contributed by atoms with Crippen LogP contribution in [0.15, 0.2) is 54.6 Å². The zero-order valence-corrected chi connectivity index (χ0v) is 14.1. The lowest BCUT2D eigenvalue weighted by Gasteiger charge is -2.17. The van der Waals surface area contributed by atoms with Gasteiger partial charge in [-0.15, -0.1) is 0 Å². The van der Waals surface area contributed by atoms with Crippen LogP contribution in [0.2, 0.25) is 0 Å². The number of halogens is 1. The molecular formula is C20H23FO3. The molecule has 0 spiro atoms. The maximum Gasteiger partial charge on any atom is 0.183 e. The van der Waals surface area contributed by atoms with Crippen molar-refractivity contribution in [2.24, 2.45) is 0 Å². The molecule has 0 aliphatic heterocycles. The van der Waals surface area contributed by atoms with E-state index in [0.717, 1.165) is 11.1 Å². The van der Waals surface area contributed by atoms with Gasteiger partial charge in [0.2, 0.25) is 0 Å². The third-order valence-electron chi connectivity index (χ3n) is 3.31. The van der Waals surface area contributed by atoms with E-state index in [0.29, 0.717) is 25.6 Å². The molecule has 0 aliphatic rings. The van der Waals surface area contributed by atoms with E-state index in [9.17, 15) is 4.39 Å². The number of hydrogen-bond acceptors (Lipinski definition) is 3. The molecule has 0 aromatic heterocycles. The Kier molecular flexibility index (Phi) is 7.46. The Balaban J connectivity index is 1.87. The van der Waals surface area contributed by atoms with E-state index in [1.54, 1.807) is 12.1 Å². The average Bonchev–Trinajstić information content (AvgIpc) is 2.61. The molecule has 2 aromatic rings. The minimum absolute atomic E-state index is 0.268. The fraction of sp³-hybridized carbons (Fsp3) is 0.300. The van der Waals surface area contributed by atoms with E-state index in [-0.39, 0.29) is 12.1 Å². The van der Waals surface area contributed by atoms with E-state index in [1.165, 1.54) is 12.1 Å². The summed E-state index contributed by atoms with van der Waals surface area (Å²) in [5.74, 6) is 0.378. The second kappa shape index (κ2) is 9.85. The van der Waals surface area contributed by atoms with Crippen molar-refractivity contribution in [3.05, 3.63) is 71.6 Å². The van der Waals surface area contributed by atoms with Gasteiger partial charge in [0.25, 0.3) is 0 Å². The van der Waals surface area contributed by atoms with Crippen molar-refractivity contribution in [1.29, 1.82) is 0 Å². The summed E-state index contributed by atoms with van der Waals surface area (Å²) in [6, 6.07) is 14.0. The topological polar surface area (TPSA) is 27.7 Å². The third-order valence-corrected chi connectivity index (χ3v) is 3.31.